The fourth-order valence-corrected chi connectivity index (χ4v) is 1.89. The zero-order chi connectivity index (χ0) is 18.5. The topological polar surface area (TPSA) is 98.9 Å². The molecular formula is C17H22FNO5. The van der Waals surface area contributed by atoms with E-state index in [-0.39, 0.29) is 17.9 Å². The van der Waals surface area contributed by atoms with Crippen molar-refractivity contribution < 1.29 is 28.6 Å². The van der Waals surface area contributed by atoms with Gasteiger partial charge >= 0.3 is 11.9 Å². The summed E-state index contributed by atoms with van der Waals surface area (Å²) in [5.41, 5.74) is 2.73. The van der Waals surface area contributed by atoms with E-state index in [1.54, 1.807) is 20.8 Å². The maximum atomic E-state index is 13.7. The lowest BCUT2D eigenvalue weighted by molar-refractivity contribution is -0.169. The molecule has 1 rings (SSSR count). The number of carboxylic acid groups (broad SMARTS) is 1. The molecule has 132 valence electrons. The lowest BCUT2D eigenvalue weighted by atomic mass is 9.91. The average Bonchev–Trinajstić information content (AvgIpc) is 2.42. The van der Waals surface area contributed by atoms with Crippen LogP contribution < -0.4 is 10.5 Å². The number of carbonyl (C=O) groups excluding carboxylic acids is 1. The maximum Gasteiger partial charge on any atom is 0.338 e. The van der Waals surface area contributed by atoms with Crippen molar-refractivity contribution in [2.24, 2.45) is 5.73 Å². The highest BCUT2D eigenvalue weighted by Crippen LogP contribution is 2.22. The van der Waals surface area contributed by atoms with Gasteiger partial charge in [-0.15, -0.1) is 0 Å². The smallest absolute Gasteiger partial charge is 0.338 e. The molecule has 0 fully saturated rings. The van der Waals surface area contributed by atoms with Crippen LogP contribution in [0.1, 0.15) is 26.3 Å². The molecule has 0 aromatic heterocycles. The number of ether oxygens (including phenoxy) is 2. The Labute approximate surface area is 140 Å². The van der Waals surface area contributed by atoms with Crippen molar-refractivity contribution in [3.63, 3.8) is 0 Å². The van der Waals surface area contributed by atoms with Crippen molar-refractivity contribution in [3.8, 4) is 5.75 Å². The number of esters is 1. The number of aliphatic carboxylic acids is 1. The van der Waals surface area contributed by atoms with E-state index in [2.05, 4.69) is 6.58 Å². The first-order chi connectivity index (χ1) is 11.0. The Bertz CT molecular complexity index is 638. The van der Waals surface area contributed by atoms with Gasteiger partial charge < -0.3 is 20.3 Å². The molecule has 0 saturated carbocycles. The van der Waals surface area contributed by atoms with Gasteiger partial charge in [0.1, 0.15) is 23.8 Å². The molecule has 0 aliphatic heterocycles. The van der Waals surface area contributed by atoms with Crippen LogP contribution in [0.4, 0.5) is 4.39 Å². The third-order valence-electron chi connectivity index (χ3n) is 2.93. The van der Waals surface area contributed by atoms with Crippen molar-refractivity contribution in [1.82, 2.24) is 0 Å². The van der Waals surface area contributed by atoms with Gasteiger partial charge in [0, 0.05) is 12.5 Å². The largest absolute Gasteiger partial charge is 0.489 e. The SMILES string of the molecule is C=CCOc1cc(F)cc(CC(N)(C(=O)O)C(=O)OC(C)(C)C)c1. The number of hydrogen-bond acceptors (Lipinski definition) is 5. The Kier molecular flexibility index (Phi) is 6.09. The van der Waals surface area contributed by atoms with Gasteiger partial charge in [-0.25, -0.2) is 14.0 Å². The molecule has 0 saturated heterocycles. The van der Waals surface area contributed by atoms with Crippen LogP contribution in [-0.4, -0.2) is 34.8 Å². The summed E-state index contributed by atoms with van der Waals surface area (Å²) >= 11 is 0. The predicted octanol–water partition coefficient (Wildman–Crippen LogP) is 2.06. The summed E-state index contributed by atoms with van der Waals surface area (Å²) < 4.78 is 24.0. The van der Waals surface area contributed by atoms with E-state index in [0.717, 1.165) is 12.1 Å². The second kappa shape index (κ2) is 7.44. The van der Waals surface area contributed by atoms with Gasteiger partial charge in [0.05, 0.1) is 0 Å². The Morgan fingerprint density at radius 1 is 1.33 bits per heavy atom. The first kappa shape index (κ1) is 19.6. The number of halogens is 1. The van der Waals surface area contributed by atoms with Crippen LogP contribution in [0.15, 0.2) is 30.9 Å². The minimum atomic E-state index is -2.34. The average molecular weight is 339 g/mol. The quantitative estimate of drug-likeness (QED) is 0.448. The molecule has 3 N–H and O–H groups in total. The van der Waals surface area contributed by atoms with Gasteiger partial charge in [-0.2, -0.15) is 0 Å². The summed E-state index contributed by atoms with van der Waals surface area (Å²) in [6, 6.07) is 3.65. The van der Waals surface area contributed by atoms with Crippen LogP contribution in [0.25, 0.3) is 0 Å². The number of nitrogens with two attached hydrogens (primary N) is 1. The number of hydrogen-bond donors (Lipinski definition) is 2. The predicted molar refractivity (Wildman–Crippen MR) is 86.2 cm³/mol. The van der Waals surface area contributed by atoms with Gasteiger partial charge in [0.15, 0.2) is 0 Å². The summed E-state index contributed by atoms with van der Waals surface area (Å²) in [4.78, 5) is 23.7. The Morgan fingerprint density at radius 3 is 2.46 bits per heavy atom. The van der Waals surface area contributed by atoms with Crippen molar-refractivity contribution in [1.29, 1.82) is 0 Å². The van der Waals surface area contributed by atoms with E-state index in [4.69, 9.17) is 15.2 Å². The number of carboxylic acids is 1. The molecule has 0 spiro atoms. The molecule has 1 unspecified atom stereocenters. The van der Waals surface area contributed by atoms with Crippen molar-refractivity contribution >= 4 is 11.9 Å². The molecular weight excluding hydrogens is 317 g/mol. The summed E-state index contributed by atoms with van der Waals surface area (Å²) in [7, 11) is 0. The van der Waals surface area contributed by atoms with Gasteiger partial charge in [0.25, 0.3) is 0 Å². The fourth-order valence-electron chi connectivity index (χ4n) is 1.89. The molecule has 0 amide bonds. The Morgan fingerprint density at radius 2 is 1.96 bits per heavy atom. The summed E-state index contributed by atoms with van der Waals surface area (Å²) in [6.07, 6.45) is 1.04. The molecule has 1 aromatic rings. The number of benzene rings is 1. The zero-order valence-corrected chi connectivity index (χ0v) is 14.0. The molecule has 0 aliphatic rings. The van der Waals surface area contributed by atoms with Crippen molar-refractivity contribution in [2.75, 3.05) is 6.61 Å². The standard InChI is InChI=1S/C17H22FNO5/c1-5-6-23-13-8-11(7-12(18)9-13)10-17(19,14(20)21)15(22)24-16(2,3)4/h5,7-9H,1,6,10,19H2,2-4H3,(H,20,21). The van der Waals surface area contributed by atoms with Crippen LogP contribution in [0, 0.1) is 5.82 Å². The molecule has 7 heteroatoms. The molecule has 24 heavy (non-hydrogen) atoms. The van der Waals surface area contributed by atoms with E-state index in [9.17, 15) is 19.1 Å². The highest BCUT2D eigenvalue weighted by Gasteiger charge is 2.45. The molecule has 1 aromatic carbocycles. The first-order valence-corrected chi connectivity index (χ1v) is 7.27. The zero-order valence-electron chi connectivity index (χ0n) is 14.0. The molecule has 0 bridgehead atoms. The van der Waals surface area contributed by atoms with Gasteiger partial charge in [0.2, 0.25) is 5.54 Å². The second-order valence-corrected chi connectivity index (χ2v) is 6.35. The molecule has 1 atom stereocenters. The first-order valence-electron chi connectivity index (χ1n) is 7.27. The highest BCUT2D eigenvalue weighted by molar-refractivity contribution is 6.04. The van der Waals surface area contributed by atoms with Gasteiger partial charge in [-0.05, 0) is 38.5 Å². The van der Waals surface area contributed by atoms with E-state index in [1.165, 1.54) is 12.1 Å². The van der Waals surface area contributed by atoms with Crippen LogP contribution in [0.2, 0.25) is 0 Å². The van der Waals surface area contributed by atoms with Gasteiger partial charge in [-0.3, -0.25) is 0 Å². The normalized spacial score (nSPS) is 13.7. The lowest BCUT2D eigenvalue weighted by Crippen LogP contribution is -2.58. The summed E-state index contributed by atoms with van der Waals surface area (Å²) in [6.45, 7) is 8.42. The van der Waals surface area contributed by atoms with Crippen LogP contribution >= 0.6 is 0 Å². The van der Waals surface area contributed by atoms with Crippen LogP contribution in [-0.2, 0) is 20.7 Å². The van der Waals surface area contributed by atoms with E-state index >= 15 is 0 Å². The summed E-state index contributed by atoms with van der Waals surface area (Å²) in [5, 5.41) is 9.38. The molecule has 0 heterocycles. The Hall–Kier alpha value is -2.41. The van der Waals surface area contributed by atoms with Crippen LogP contribution in [0.3, 0.4) is 0 Å². The lowest BCUT2D eigenvalue weighted by Gasteiger charge is -2.28. The maximum absolute atomic E-state index is 13.7. The van der Waals surface area contributed by atoms with Gasteiger partial charge in [-0.1, -0.05) is 12.7 Å². The minimum Gasteiger partial charge on any atom is -0.489 e. The van der Waals surface area contributed by atoms with E-state index in [1.807, 2.05) is 0 Å². The molecule has 6 nitrogen and oxygen atoms in total. The van der Waals surface area contributed by atoms with Crippen LogP contribution in [0.5, 0.6) is 5.75 Å². The molecule has 0 aliphatic carbocycles. The summed E-state index contributed by atoms with van der Waals surface area (Å²) in [5.74, 6) is -3.11. The van der Waals surface area contributed by atoms with E-state index in [0.29, 0.717) is 0 Å². The number of rotatable bonds is 7. The minimum absolute atomic E-state index is 0.154. The highest BCUT2D eigenvalue weighted by atomic mass is 19.1. The van der Waals surface area contributed by atoms with Crippen molar-refractivity contribution in [3.05, 3.63) is 42.2 Å². The Balaban J connectivity index is 3.12. The third-order valence-corrected chi connectivity index (χ3v) is 2.93. The fraction of sp³-hybridized carbons (Fsp3) is 0.412. The number of carbonyl (C=O) groups is 2. The molecule has 0 radical (unpaired) electrons. The second-order valence-electron chi connectivity index (χ2n) is 6.35. The van der Waals surface area contributed by atoms with Crippen molar-refractivity contribution in [2.45, 2.75) is 38.3 Å². The third kappa shape index (κ3) is 5.34. The monoisotopic (exact) mass is 339 g/mol. The van der Waals surface area contributed by atoms with E-state index < -0.39 is 35.3 Å².